The Balaban J connectivity index is 1.67. The second-order valence-corrected chi connectivity index (χ2v) is 20.3. The highest BCUT2D eigenvalue weighted by Gasteiger charge is 2.53. The zero-order chi connectivity index (χ0) is 45.9. The Kier molecular flexibility index (Phi) is 20.2. The molecule has 0 aromatic rings. The first-order chi connectivity index (χ1) is 29.3. The lowest BCUT2D eigenvalue weighted by molar-refractivity contribution is -0.265. The van der Waals surface area contributed by atoms with E-state index < -0.39 is 69.7 Å². The predicted octanol–water partition coefficient (Wildman–Crippen LogP) is 7.34. The average molecular weight is 980 g/mol. The van der Waals surface area contributed by atoms with Gasteiger partial charge in [-0.1, -0.05) is 107 Å². The third kappa shape index (κ3) is 14.0. The van der Waals surface area contributed by atoms with Gasteiger partial charge in [0.1, 0.15) is 17.9 Å². The minimum Gasteiger partial charge on any atom is -0.460 e. The van der Waals surface area contributed by atoms with E-state index in [1.807, 2.05) is 61.6 Å². The number of amides is 1. The Hall–Kier alpha value is -2.56. The van der Waals surface area contributed by atoms with Crippen molar-refractivity contribution in [3.05, 3.63) is 47.6 Å². The molecule has 0 spiro atoms. The van der Waals surface area contributed by atoms with Crippen molar-refractivity contribution >= 4 is 51.8 Å². The number of carbonyl (C=O) groups is 5. The van der Waals surface area contributed by atoms with Gasteiger partial charge in [0.25, 0.3) is 11.7 Å². The maximum atomic E-state index is 14.3. The number of aliphatic hydroxyl groups is 3. The second-order valence-electron chi connectivity index (χ2n) is 19.0. The van der Waals surface area contributed by atoms with Crippen LogP contribution in [0.5, 0.6) is 0 Å². The van der Waals surface area contributed by atoms with Crippen LogP contribution in [-0.4, -0.2) is 109 Å². The van der Waals surface area contributed by atoms with Crippen molar-refractivity contribution in [3.63, 3.8) is 0 Å². The van der Waals surface area contributed by atoms with Gasteiger partial charge in [-0.3, -0.25) is 19.2 Å². The molecule has 1 saturated carbocycles. The molecule has 348 valence electrons. The summed E-state index contributed by atoms with van der Waals surface area (Å²) in [5, 5.41) is 34.2. The summed E-state index contributed by atoms with van der Waals surface area (Å²) in [6.45, 7) is 12.8. The van der Waals surface area contributed by atoms with Gasteiger partial charge in [0.2, 0.25) is 5.79 Å². The zero-order valence-electron chi connectivity index (χ0n) is 38.3. The van der Waals surface area contributed by atoms with Crippen molar-refractivity contribution in [2.24, 2.45) is 35.5 Å². The number of cyclic esters (lactones) is 1. The maximum absolute atomic E-state index is 14.3. The molecule has 0 radical (unpaired) electrons. The molecule has 2 saturated heterocycles. The minimum atomic E-state index is -2.45. The molecule has 4 aliphatic rings. The third-order valence-corrected chi connectivity index (χ3v) is 15.1. The number of alkyl halides is 1. The lowest BCUT2D eigenvalue weighted by Gasteiger charge is -2.42. The standard InChI is InChI=1S/C49H74INO11/c1-29-15-10-9-11-16-30(2)40(52)27-38-21-20-35(7)49(59,62-38)46(56)47(57)51-22-13-12-19-39(51)48(58)61-42(32(4)25-36-17-14-18-37(26-36)60-8)28-41(53)31(3)24-34(6)45(55)43(50)44(54)33(5)23-29/h9-11,15-16,24,29,31-33,35-40,42-43,45,52,55,59H,12-14,17-23,25-28H2,1-8H3/b11-9+,15-10+,30-16+,34-24+/t29-,31-,32-,33-,35-,36+,37+,38+,39+,40+,42+,43-,45-,49-/m1/s1. The van der Waals surface area contributed by atoms with E-state index in [-0.39, 0.29) is 61.2 Å². The number of methoxy groups -OCH3 is 1. The van der Waals surface area contributed by atoms with Gasteiger partial charge < -0.3 is 34.4 Å². The highest BCUT2D eigenvalue weighted by Crippen LogP contribution is 2.37. The fourth-order valence-electron chi connectivity index (χ4n) is 9.59. The summed E-state index contributed by atoms with van der Waals surface area (Å²) in [6, 6.07) is -1.11. The molecule has 3 fully saturated rings. The summed E-state index contributed by atoms with van der Waals surface area (Å²) in [4.78, 5) is 71.2. The van der Waals surface area contributed by atoms with E-state index in [0.29, 0.717) is 55.6 Å². The molecule has 4 rings (SSSR count). The first-order valence-corrected chi connectivity index (χ1v) is 24.3. The van der Waals surface area contributed by atoms with Gasteiger partial charge in [0, 0.05) is 44.2 Å². The minimum absolute atomic E-state index is 0.0595. The van der Waals surface area contributed by atoms with E-state index >= 15 is 0 Å². The number of aliphatic hydroxyl groups excluding tert-OH is 2. The largest absolute Gasteiger partial charge is 0.460 e. The van der Waals surface area contributed by atoms with Crippen LogP contribution in [0.4, 0.5) is 0 Å². The summed E-state index contributed by atoms with van der Waals surface area (Å²) in [5.74, 6) is -7.23. The van der Waals surface area contributed by atoms with Crippen LogP contribution in [0.2, 0.25) is 0 Å². The van der Waals surface area contributed by atoms with Crippen molar-refractivity contribution in [2.45, 2.75) is 178 Å². The number of esters is 1. The Morgan fingerprint density at radius 1 is 0.903 bits per heavy atom. The van der Waals surface area contributed by atoms with Crippen LogP contribution in [0.25, 0.3) is 0 Å². The number of rotatable bonds is 4. The van der Waals surface area contributed by atoms with Crippen LogP contribution in [0.3, 0.4) is 0 Å². The highest BCUT2D eigenvalue weighted by molar-refractivity contribution is 14.1. The summed E-state index contributed by atoms with van der Waals surface area (Å²) in [6.07, 6.45) is 14.8. The molecule has 0 aromatic carbocycles. The summed E-state index contributed by atoms with van der Waals surface area (Å²) in [7, 11) is 1.71. The molecule has 1 amide bonds. The molecule has 3 N–H and O–H groups in total. The molecule has 14 atom stereocenters. The number of piperidine rings is 1. The predicted molar refractivity (Wildman–Crippen MR) is 246 cm³/mol. The van der Waals surface area contributed by atoms with Crippen LogP contribution in [-0.2, 0) is 38.2 Å². The second kappa shape index (κ2) is 24.1. The fraction of sp³-hybridized carbons (Fsp3) is 0.735. The summed E-state index contributed by atoms with van der Waals surface area (Å²) < 4.78 is 17.2. The van der Waals surface area contributed by atoms with Crippen LogP contribution >= 0.6 is 22.6 Å². The number of ketones is 3. The number of nitrogens with zero attached hydrogens (tertiary/aromatic N) is 1. The molecular formula is C49H74INO11. The lowest BCUT2D eigenvalue weighted by atomic mass is 9.79. The zero-order valence-corrected chi connectivity index (χ0v) is 40.5. The molecular weight excluding hydrogens is 905 g/mol. The van der Waals surface area contributed by atoms with Gasteiger partial charge >= 0.3 is 5.97 Å². The van der Waals surface area contributed by atoms with E-state index in [9.17, 15) is 39.3 Å². The van der Waals surface area contributed by atoms with Gasteiger partial charge in [-0.15, -0.1) is 0 Å². The van der Waals surface area contributed by atoms with E-state index in [1.165, 1.54) is 4.90 Å². The Morgan fingerprint density at radius 2 is 1.63 bits per heavy atom. The van der Waals surface area contributed by atoms with Crippen molar-refractivity contribution in [2.75, 3.05) is 13.7 Å². The fourth-order valence-corrected chi connectivity index (χ4v) is 10.8. The van der Waals surface area contributed by atoms with Gasteiger partial charge in [-0.05, 0) is 101 Å². The van der Waals surface area contributed by atoms with E-state index in [1.54, 1.807) is 53.0 Å². The number of fused-ring (bicyclic) bond motifs is 3. The van der Waals surface area contributed by atoms with E-state index in [0.717, 1.165) is 25.7 Å². The monoisotopic (exact) mass is 979 g/mol. The van der Waals surface area contributed by atoms with Gasteiger partial charge in [0.05, 0.1) is 28.3 Å². The first kappa shape index (κ1) is 52.1. The Morgan fingerprint density at radius 3 is 2.34 bits per heavy atom. The maximum Gasteiger partial charge on any atom is 0.329 e. The molecule has 13 heteroatoms. The Labute approximate surface area is 383 Å². The smallest absolute Gasteiger partial charge is 0.329 e. The number of allylic oxidation sites excluding steroid dienone is 6. The topological polar surface area (TPSA) is 177 Å². The highest BCUT2D eigenvalue weighted by atomic mass is 127. The quantitative estimate of drug-likeness (QED) is 0.0845. The molecule has 0 aromatic heterocycles. The molecule has 12 nitrogen and oxygen atoms in total. The SMILES string of the molecule is CO[C@H]1CCC[C@@H](C[C@@H](C)[C@@H]2CC(=O)[C@H](C)/C=C(\C)[C@@H](O)[C@H](I)C(=O)[C@H](C)C[C@H](C)/C=C/C=C/C=C(\C)[C@@H](O)C[C@@H]3CC[C@@H](C)[C@@](O)(O3)C(=O)C(=O)N3CCCC[C@H]3C(=O)O2)C1. The number of halogens is 1. The van der Waals surface area contributed by atoms with Crippen LogP contribution in [0.1, 0.15) is 132 Å². The Bertz CT molecular complexity index is 1690. The number of hydrogen-bond acceptors (Lipinski definition) is 11. The first-order valence-electron chi connectivity index (χ1n) is 23.0. The lowest BCUT2D eigenvalue weighted by Crippen LogP contribution is -2.61. The molecule has 2 bridgehead atoms. The van der Waals surface area contributed by atoms with Gasteiger partial charge in [0.15, 0.2) is 5.78 Å². The van der Waals surface area contributed by atoms with Crippen LogP contribution in [0.15, 0.2) is 47.6 Å². The number of hydrogen-bond donors (Lipinski definition) is 3. The third-order valence-electron chi connectivity index (χ3n) is 13.8. The molecule has 3 aliphatic heterocycles. The summed E-state index contributed by atoms with van der Waals surface area (Å²) >= 11 is 1.99. The average Bonchev–Trinajstić information content (AvgIpc) is 3.25. The molecule has 3 heterocycles. The number of ether oxygens (including phenoxy) is 3. The number of Topliss-reactive ketones (excluding diaryl/α,β-unsaturated/α-hetero) is 3. The molecule has 1 aliphatic carbocycles. The van der Waals surface area contributed by atoms with Crippen LogP contribution in [0, 0.1) is 35.5 Å². The summed E-state index contributed by atoms with van der Waals surface area (Å²) in [5.41, 5.74) is 1.15. The normalized spacial score (nSPS) is 40.6. The molecule has 62 heavy (non-hydrogen) atoms. The van der Waals surface area contributed by atoms with Crippen molar-refractivity contribution in [1.82, 2.24) is 4.90 Å². The van der Waals surface area contributed by atoms with E-state index in [4.69, 9.17) is 14.2 Å². The van der Waals surface area contributed by atoms with Crippen molar-refractivity contribution in [1.29, 1.82) is 0 Å². The van der Waals surface area contributed by atoms with Crippen molar-refractivity contribution in [3.8, 4) is 0 Å². The van der Waals surface area contributed by atoms with Gasteiger partial charge in [-0.2, -0.15) is 0 Å². The number of carbonyl (C=O) groups excluding carboxylic acids is 5. The van der Waals surface area contributed by atoms with Crippen molar-refractivity contribution < 1.29 is 53.5 Å². The van der Waals surface area contributed by atoms with Crippen LogP contribution < -0.4 is 0 Å². The molecule has 0 unspecified atom stereocenters. The van der Waals surface area contributed by atoms with Gasteiger partial charge in [-0.25, -0.2) is 4.79 Å². The van der Waals surface area contributed by atoms with E-state index in [2.05, 4.69) is 0 Å².